The maximum absolute atomic E-state index is 9.13. The van der Waals surface area contributed by atoms with Gasteiger partial charge in [0.2, 0.25) is 0 Å². The predicted octanol–water partition coefficient (Wildman–Crippen LogP) is 1.84. The van der Waals surface area contributed by atoms with Gasteiger partial charge in [-0.2, -0.15) is 0 Å². The number of anilines is 1. The van der Waals surface area contributed by atoms with Crippen LogP contribution in [0, 0.1) is 12.8 Å². The lowest BCUT2D eigenvalue weighted by molar-refractivity contribution is 0.0188. The standard InChI is InChI=1S/C19H29N3O2/c1-14-8-16(22-11-15(12-22)13-23)5-6-18(14)19(20)10-21-9-17-4-2-3-7-24-17/h5-6,8,10,15,17,21,23H,2-4,7,9,11-13,20H2,1H3/b19-10-. The van der Waals surface area contributed by atoms with Crippen LogP contribution in [-0.2, 0) is 4.74 Å². The van der Waals surface area contributed by atoms with E-state index in [-0.39, 0.29) is 6.61 Å². The summed E-state index contributed by atoms with van der Waals surface area (Å²) in [5, 5.41) is 12.4. The zero-order valence-corrected chi connectivity index (χ0v) is 14.5. The van der Waals surface area contributed by atoms with Gasteiger partial charge in [-0.1, -0.05) is 6.07 Å². The molecule has 0 spiro atoms. The van der Waals surface area contributed by atoms with Crippen LogP contribution >= 0.6 is 0 Å². The Morgan fingerprint density at radius 1 is 1.42 bits per heavy atom. The Labute approximate surface area is 144 Å². The highest BCUT2D eigenvalue weighted by Gasteiger charge is 2.26. The lowest BCUT2D eigenvalue weighted by Crippen LogP contribution is -2.48. The minimum absolute atomic E-state index is 0.277. The molecule has 5 heteroatoms. The number of ether oxygens (including phenoxy) is 1. The average Bonchev–Trinajstić information content (AvgIpc) is 2.55. The van der Waals surface area contributed by atoms with Crippen LogP contribution in [0.15, 0.2) is 24.4 Å². The normalized spacial score (nSPS) is 22.3. The molecule has 0 aromatic heterocycles. The van der Waals surface area contributed by atoms with E-state index in [4.69, 9.17) is 15.6 Å². The monoisotopic (exact) mass is 331 g/mol. The second-order valence-corrected chi connectivity index (χ2v) is 6.95. The maximum atomic E-state index is 9.13. The Morgan fingerprint density at radius 2 is 2.25 bits per heavy atom. The third kappa shape index (κ3) is 4.02. The molecule has 2 saturated heterocycles. The highest BCUT2D eigenvalue weighted by Crippen LogP contribution is 2.27. The van der Waals surface area contributed by atoms with Gasteiger partial charge < -0.3 is 25.8 Å². The Hall–Kier alpha value is -1.72. The molecule has 2 aliphatic heterocycles. The van der Waals surface area contributed by atoms with Crippen LogP contribution < -0.4 is 16.0 Å². The van der Waals surface area contributed by atoms with Crippen LogP contribution in [0.5, 0.6) is 0 Å². The molecule has 4 N–H and O–H groups in total. The van der Waals surface area contributed by atoms with Gasteiger partial charge in [0, 0.05) is 56.2 Å². The summed E-state index contributed by atoms with van der Waals surface area (Å²) < 4.78 is 5.71. The summed E-state index contributed by atoms with van der Waals surface area (Å²) in [6.45, 7) is 5.92. The topological polar surface area (TPSA) is 70.8 Å². The Kier molecular flexibility index (Phi) is 5.63. The third-order valence-electron chi connectivity index (χ3n) is 4.98. The van der Waals surface area contributed by atoms with E-state index < -0.39 is 0 Å². The molecule has 0 bridgehead atoms. The van der Waals surface area contributed by atoms with Gasteiger partial charge in [0.25, 0.3) is 0 Å². The fourth-order valence-electron chi connectivity index (χ4n) is 3.41. The van der Waals surface area contributed by atoms with Crippen LogP contribution in [-0.4, -0.2) is 44.1 Å². The highest BCUT2D eigenvalue weighted by atomic mass is 16.5. The molecule has 2 aliphatic rings. The number of hydrogen-bond donors (Lipinski definition) is 3. The summed E-state index contributed by atoms with van der Waals surface area (Å²) in [5.74, 6) is 0.418. The molecule has 132 valence electrons. The summed E-state index contributed by atoms with van der Waals surface area (Å²) in [7, 11) is 0. The zero-order valence-electron chi connectivity index (χ0n) is 14.5. The van der Waals surface area contributed by atoms with Gasteiger partial charge in [-0.05, 0) is 43.9 Å². The number of aryl methyl sites for hydroxylation is 1. The van der Waals surface area contributed by atoms with Crippen molar-refractivity contribution in [1.82, 2.24) is 5.32 Å². The van der Waals surface area contributed by atoms with E-state index in [9.17, 15) is 0 Å². The molecule has 1 atom stereocenters. The van der Waals surface area contributed by atoms with Gasteiger partial charge in [-0.15, -0.1) is 0 Å². The molecule has 5 nitrogen and oxygen atoms in total. The molecular weight excluding hydrogens is 302 g/mol. The van der Waals surface area contributed by atoms with E-state index in [0.29, 0.717) is 12.0 Å². The van der Waals surface area contributed by atoms with Crippen molar-refractivity contribution < 1.29 is 9.84 Å². The molecule has 2 heterocycles. The number of aliphatic hydroxyl groups excluding tert-OH is 1. The summed E-state index contributed by atoms with van der Waals surface area (Å²) in [6.07, 6.45) is 5.75. The zero-order chi connectivity index (χ0) is 16.9. The smallest absolute Gasteiger partial charge is 0.0747 e. The predicted molar refractivity (Wildman–Crippen MR) is 97.7 cm³/mol. The van der Waals surface area contributed by atoms with E-state index in [2.05, 4.69) is 35.3 Å². The molecule has 0 radical (unpaired) electrons. The van der Waals surface area contributed by atoms with Crippen LogP contribution in [0.4, 0.5) is 5.69 Å². The molecule has 1 unspecified atom stereocenters. The lowest BCUT2D eigenvalue weighted by Gasteiger charge is -2.40. The molecule has 2 fully saturated rings. The number of nitrogens with two attached hydrogens (primary N) is 1. The van der Waals surface area contributed by atoms with Crippen molar-refractivity contribution in [3.8, 4) is 0 Å². The van der Waals surface area contributed by atoms with E-state index in [1.54, 1.807) is 0 Å². The van der Waals surface area contributed by atoms with Crippen molar-refractivity contribution in [2.24, 2.45) is 11.7 Å². The van der Waals surface area contributed by atoms with E-state index >= 15 is 0 Å². The second kappa shape index (κ2) is 7.90. The molecule has 1 aromatic rings. The number of nitrogens with zero attached hydrogens (tertiary/aromatic N) is 1. The van der Waals surface area contributed by atoms with Crippen molar-refractivity contribution in [2.45, 2.75) is 32.3 Å². The van der Waals surface area contributed by atoms with Gasteiger partial charge in [0.15, 0.2) is 0 Å². The molecule has 3 rings (SSSR count). The van der Waals surface area contributed by atoms with Crippen molar-refractivity contribution >= 4 is 11.4 Å². The highest BCUT2D eigenvalue weighted by molar-refractivity contribution is 5.68. The quantitative estimate of drug-likeness (QED) is 0.742. The third-order valence-corrected chi connectivity index (χ3v) is 4.98. The summed E-state index contributed by atoms with van der Waals surface area (Å²) in [4.78, 5) is 2.29. The minimum Gasteiger partial charge on any atom is -0.397 e. The molecule has 0 amide bonds. The Morgan fingerprint density at radius 3 is 2.92 bits per heavy atom. The van der Waals surface area contributed by atoms with Gasteiger partial charge in [-0.3, -0.25) is 0 Å². The number of hydrogen-bond acceptors (Lipinski definition) is 5. The summed E-state index contributed by atoms with van der Waals surface area (Å²) in [6, 6.07) is 6.37. The SMILES string of the molecule is Cc1cc(N2CC(CO)C2)ccc1/C(N)=C/NCC1CCCCO1. The average molecular weight is 331 g/mol. The van der Waals surface area contributed by atoms with E-state index in [0.717, 1.165) is 43.9 Å². The number of nitrogens with one attached hydrogen (secondary N) is 1. The van der Waals surface area contributed by atoms with E-state index in [1.165, 1.54) is 24.1 Å². The molecule has 0 saturated carbocycles. The second-order valence-electron chi connectivity index (χ2n) is 6.95. The van der Waals surface area contributed by atoms with Crippen molar-refractivity contribution in [3.63, 3.8) is 0 Å². The first-order chi connectivity index (χ1) is 11.7. The van der Waals surface area contributed by atoms with Gasteiger partial charge in [0.1, 0.15) is 0 Å². The minimum atomic E-state index is 0.277. The number of rotatable bonds is 6. The molecule has 24 heavy (non-hydrogen) atoms. The van der Waals surface area contributed by atoms with Crippen molar-refractivity contribution in [2.75, 3.05) is 37.7 Å². The van der Waals surface area contributed by atoms with Crippen molar-refractivity contribution in [3.05, 3.63) is 35.5 Å². The van der Waals surface area contributed by atoms with E-state index in [1.807, 2.05) is 6.20 Å². The Balaban J connectivity index is 1.56. The molecular formula is C19H29N3O2. The summed E-state index contributed by atoms with van der Waals surface area (Å²) >= 11 is 0. The first kappa shape index (κ1) is 17.1. The number of benzene rings is 1. The fraction of sp³-hybridized carbons (Fsp3) is 0.579. The summed E-state index contributed by atoms with van der Waals surface area (Å²) in [5.41, 5.74) is 10.4. The first-order valence-corrected chi connectivity index (χ1v) is 8.95. The van der Waals surface area contributed by atoms with Gasteiger partial charge >= 0.3 is 0 Å². The van der Waals surface area contributed by atoms with Gasteiger partial charge in [-0.25, -0.2) is 0 Å². The van der Waals surface area contributed by atoms with Crippen molar-refractivity contribution in [1.29, 1.82) is 0 Å². The van der Waals surface area contributed by atoms with Crippen LogP contribution in [0.1, 0.15) is 30.4 Å². The maximum Gasteiger partial charge on any atom is 0.0747 e. The first-order valence-electron chi connectivity index (χ1n) is 8.95. The molecule has 0 aliphatic carbocycles. The molecule has 1 aromatic carbocycles. The fourth-order valence-corrected chi connectivity index (χ4v) is 3.41. The van der Waals surface area contributed by atoms with Gasteiger partial charge in [0.05, 0.1) is 11.8 Å². The van der Waals surface area contributed by atoms with Crippen LogP contribution in [0.3, 0.4) is 0 Å². The largest absolute Gasteiger partial charge is 0.397 e. The van der Waals surface area contributed by atoms with Crippen LogP contribution in [0.25, 0.3) is 5.70 Å². The lowest BCUT2D eigenvalue weighted by atomic mass is 9.98. The Bertz CT molecular complexity index is 576. The number of aliphatic hydroxyl groups is 1. The van der Waals surface area contributed by atoms with Crippen LogP contribution in [0.2, 0.25) is 0 Å².